The van der Waals surface area contributed by atoms with E-state index in [0.717, 1.165) is 9.75 Å². The summed E-state index contributed by atoms with van der Waals surface area (Å²) in [5.74, 6) is -0.196. The second kappa shape index (κ2) is 7.92. The van der Waals surface area contributed by atoms with E-state index in [4.69, 9.17) is 0 Å². The highest BCUT2D eigenvalue weighted by atomic mass is 32.1. The van der Waals surface area contributed by atoms with Crippen LogP contribution < -0.4 is 5.32 Å². The average Bonchev–Trinajstić information content (AvgIpc) is 3.00. The number of nitro benzene ring substituents is 1. The number of hydrogen-bond donors (Lipinski definition) is 1. The summed E-state index contributed by atoms with van der Waals surface area (Å²) in [7, 11) is 0. The van der Waals surface area contributed by atoms with Crippen LogP contribution in [0.3, 0.4) is 0 Å². The first-order chi connectivity index (χ1) is 12.5. The molecule has 2 aromatic rings. The van der Waals surface area contributed by atoms with Crippen LogP contribution in [0.1, 0.15) is 11.3 Å². The van der Waals surface area contributed by atoms with E-state index in [1.807, 2.05) is 12.1 Å². The molecule has 0 radical (unpaired) electrons. The lowest BCUT2D eigenvalue weighted by Crippen LogP contribution is -2.32. The van der Waals surface area contributed by atoms with E-state index in [1.165, 1.54) is 23.5 Å². The summed E-state index contributed by atoms with van der Waals surface area (Å²) >= 11 is 1.38. The average molecular weight is 371 g/mol. The highest BCUT2D eigenvalue weighted by Crippen LogP contribution is 2.34. The van der Waals surface area contributed by atoms with Crippen molar-refractivity contribution in [1.82, 2.24) is 10.2 Å². The molecule has 2 heterocycles. The fourth-order valence-electron chi connectivity index (χ4n) is 2.67. The van der Waals surface area contributed by atoms with Crippen molar-refractivity contribution in [3.05, 3.63) is 57.5 Å². The van der Waals surface area contributed by atoms with Gasteiger partial charge in [-0.05, 0) is 24.3 Å². The van der Waals surface area contributed by atoms with Crippen molar-refractivity contribution >= 4 is 34.9 Å². The van der Waals surface area contributed by atoms with Gasteiger partial charge in [-0.15, -0.1) is 11.3 Å². The molecule has 3 rings (SSSR count). The van der Waals surface area contributed by atoms with Crippen LogP contribution in [-0.4, -0.2) is 41.3 Å². The first-order valence-electron chi connectivity index (χ1n) is 8.12. The normalized spacial score (nSPS) is 14.9. The molecule has 1 aliphatic rings. The van der Waals surface area contributed by atoms with Crippen molar-refractivity contribution in [3.63, 3.8) is 0 Å². The number of carbonyl (C=O) groups is 2. The van der Waals surface area contributed by atoms with E-state index in [2.05, 4.69) is 5.32 Å². The molecule has 134 valence electrons. The molecular formula is C18H17N3O4S. The minimum atomic E-state index is -0.400. The summed E-state index contributed by atoms with van der Waals surface area (Å²) in [6, 6.07) is 10.2. The molecule has 26 heavy (non-hydrogen) atoms. The summed E-state index contributed by atoms with van der Waals surface area (Å²) in [5, 5.41) is 13.9. The van der Waals surface area contributed by atoms with Crippen LogP contribution in [0.5, 0.6) is 0 Å². The summed E-state index contributed by atoms with van der Waals surface area (Å²) < 4.78 is 0. The molecule has 1 N–H and O–H groups in total. The number of rotatable bonds is 4. The van der Waals surface area contributed by atoms with Crippen molar-refractivity contribution in [2.75, 3.05) is 19.6 Å². The number of para-hydroxylation sites is 1. The maximum absolute atomic E-state index is 12.3. The topological polar surface area (TPSA) is 92.5 Å². The van der Waals surface area contributed by atoms with Crippen LogP contribution in [0.4, 0.5) is 5.69 Å². The Labute approximate surface area is 154 Å². The molecule has 8 heteroatoms. The Bertz CT molecular complexity index is 875. The number of hydrogen-bond acceptors (Lipinski definition) is 5. The van der Waals surface area contributed by atoms with E-state index >= 15 is 0 Å². The molecule has 0 atom stereocenters. The SMILES string of the molecule is O=C1CCN(C(=O)C=Cc2ccc(-c3ccccc3[N+](=O)[O-])s2)CCN1. The number of thiophene rings is 1. The van der Waals surface area contributed by atoms with Gasteiger partial charge in [-0.25, -0.2) is 0 Å². The van der Waals surface area contributed by atoms with Gasteiger partial charge in [-0.2, -0.15) is 0 Å². The maximum atomic E-state index is 12.3. The summed E-state index contributed by atoms with van der Waals surface area (Å²) in [6.07, 6.45) is 3.48. The summed E-state index contributed by atoms with van der Waals surface area (Å²) in [6.45, 7) is 1.35. The molecule has 0 bridgehead atoms. The van der Waals surface area contributed by atoms with Crippen molar-refractivity contribution < 1.29 is 14.5 Å². The van der Waals surface area contributed by atoms with Crippen LogP contribution in [0, 0.1) is 10.1 Å². The lowest BCUT2D eigenvalue weighted by molar-refractivity contribution is -0.384. The summed E-state index contributed by atoms with van der Waals surface area (Å²) in [4.78, 5) is 37.6. The van der Waals surface area contributed by atoms with E-state index in [9.17, 15) is 19.7 Å². The molecule has 1 aromatic carbocycles. The van der Waals surface area contributed by atoms with Gasteiger partial charge in [0.05, 0.1) is 10.5 Å². The molecule has 1 aliphatic heterocycles. The van der Waals surface area contributed by atoms with Gasteiger partial charge in [-0.1, -0.05) is 12.1 Å². The third-order valence-electron chi connectivity index (χ3n) is 4.01. The molecule has 0 aliphatic carbocycles. The van der Waals surface area contributed by atoms with Crippen molar-refractivity contribution in [1.29, 1.82) is 0 Å². The Morgan fingerprint density at radius 1 is 1.23 bits per heavy atom. The molecule has 1 saturated heterocycles. The Balaban J connectivity index is 1.72. The summed E-state index contributed by atoms with van der Waals surface area (Å²) in [5.41, 5.74) is 0.619. The first-order valence-corrected chi connectivity index (χ1v) is 8.93. The van der Waals surface area contributed by atoms with E-state index in [1.54, 1.807) is 29.2 Å². The third kappa shape index (κ3) is 4.15. The number of amides is 2. The Hall–Kier alpha value is -3.00. The number of carbonyl (C=O) groups excluding carboxylic acids is 2. The molecule has 1 aromatic heterocycles. The third-order valence-corrected chi connectivity index (χ3v) is 5.09. The Kier molecular flexibility index (Phi) is 5.43. The number of nitrogens with one attached hydrogen (secondary N) is 1. The van der Waals surface area contributed by atoms with E-state index in [0.29, 0.717) is 31.6 Å². The number of benzene rings is 1. The van der Waals surface area contributed by atoms with Gasteiger partial charge in [0, 0.05) is 48.0 Å². The van der Waals surface area contributed by atoms with Gasteiger partial charge in [-0.3, -0.25) is 19.7 Å². The fourth-order valence-corrected chi connectivity index (χ4v) is 3.62. The second-order valence-corrected chi connectivity index (χ2v) is 6.85. The largest absolute Gasteiger partial charge is 0.354 e. The molecular weight excluding hydrogens is 354 g/mol. The minimum absolute atomic E-state index is 0.0448. The number of nitro groups is 1. The maximum Gasteiger partial charge on any atom is 0.278 e. The Morgan fingerprint density at radius 2 is 2.04 bits per heavy atom. The molecule has 7 nitrogen and oxygen atoms in total. The lowest BCUT2D eigenvalue weighted by atomic mass is 10.1. The van der Waals surface area contributed by atoms with Crippen LogP contribution >= 0.6 is 11.3 Å². The monoisotopic (exact) mass is 371 g/mol. The standard InChI is InChI=1S/C18H17N3O4S/c22-17-9-11-20(12-10-19-17)18(23)8-6-13-5-7-16(26-13)14-3-1-2-4-15(14)21(24)25/h1-8H,9-12H2,(H,19,22). The van der Waals surface area contributed by atoms with Gasteiger partial charge < -0.3 is 10.2 Å². The van der Waals surface area contributed by atoms with E-state index in [-0.39, 0.29) is 17.5 Å². The van der Waals surface area contributed by atoms with Crippen molar-refractivity contribution in [3.8, 4) is 10.4 Å². The zero-order valence-corrected chi connectivity index (χ0v) is 14.7. The zero-order valence-electron chi connectivity index (χ0n) is 13.9. The molecule has 2 amide bonds. The highest BCUT2D eigenvalue weighted by Gasteiger charge is 2.17. The second-order valence-electron chi connectivity index (χ2n) is 5.73. The zero-order chi connectivity index (χ0) is 18.5. The van der Waals surface area contributed by atoms with Gasteiger partial charge in [0.15, 0.2) is 0 Å². The lowest BCUT2D eigenvalue weighted by Gasteiger charge is -2.16. The van der Waals surface area contributed by atoms with Crippen molar-refractivity contribution in [2.45, 2.75) is 6.42 Å². The van der Waals surface area contributed by atoms with Gasteiger partial charge in [0.2, 0.25) is 11.8 Å². The van der Waals surface area contributed by atoms with Crippen LogP contribution in [0.25, 0.3) is 16.5 Å². The Morgan fingerprint density at radius 3 is 2.85 bits per heavy atom. The van der Waals surface area contributed by atoms with Crippen LogP contribution in [-0.2, 0) is 9.59 Å². The smallest absolute Gasteiger partial charge is 0.278 e. The quantitative estimate of drug-likeness (QED) is 0.508. The minimum Gasteiger partial charge on any atom is -0.354 e. The molecule has 0 spiro atoms. The van der Waals surface area contributed by atoms with Gasteiger partial charge in [0.1, 0.15) is 0 Å². The predicted octanol–water partition coefficient (Wildman–Crippen LogP) is 2.69. The first kappa shape index (κ1) is 17.8. The molecule has 0 saturated carbocycles. The van der Waals surface area contributed by atoms with Gasteiger partial charge >= 0.3 is 0 Å². The predicted molar refractivity (Wildman–Crippen MR) is 99.7 cm³/mol. The molecule has 1 fully saturated rings. The van der Waals surface area contributed by atoms with Gasteiger partial charge in [0.25, 0.3) is 5.69 Å². The molecule has 0 unspecified atom stereocenters. The highest BCUT2D eigenvalue weighted by molar-refractivity contribution is 7.16. The van der Waals surface area contributed by atoms with Crippen LogP contribution in [0.2, 0.25) is 0 Å². The van der Waals surface area contributed by atoms with Crippen molar-refractivity contribution in [2.24, 2.45) is 0 Å². The fraction of sp³-hybridized carbons (Fsp3) is 0.222. The van der Waals surface area contributed by atoms with Crippen LogP contribution in [0.15, 0.2) is 42.5 Å². The van der Waals surface area contributed by atoms with E-state index < -0.39 is 4.92 Å². The number of nitrogens with zero attached hydrogens (tertiary/aromatic N) is 2.